The third-order valence-corrected chi connectivity index (χ3v) is 3.98. The molecule has 26 heavy (non-hydrogen) atoms. The average molecular weight is 365 g/mol. The molecule has 1 saturated heterocycles. The third-order valence-electron chi connectivity index (χ3n) is 3.98. The lowest BCUT2D eigenvalue weighted by atomic mass is 10.1. The number of nitrogens with zero attached hydrogens (tertiary/aromatic N) is 1. The van der Waals surface area contributed by atoms with Crippen molar-refractivity contribution < 1.29 is 18.0 Å². The number of halogens is 3. The maximum atomic E-state index is 12.8. The van der Waals surface area contributed by atoms with Crippen molar-refractivity contribution >= 4 is 5.91 Å². The number of alkyl halides is 3. The molecule has 0 atom stereocenters. The van der Waals surface area contributed by atoms with Gasteiger partial charge in [0.1, 0.15) is 6.17 Å². The Labute approximate surface area is 148 Å². The van der Waals surface area contributed by atoms with Crippen molar-refractivity contribution in [1.29, 1.82) is 0 Å². The predicted molar refractivity (Wildman–Crippen MR) is 89.0 cm³/mol. The van der Waals surface area contributed by atoms with E-state index in [2.05, 4.69) is 21.9 Å². The van der Waals surface area contributed by atoms with E-state index in [-0.39, 0.29) is 18.3 Å². The number of carbonyl (C=O) groups is 1. The van der Waals surface area contributed by atoms with Crippen LogP contribution in [0.5, 0.6) is 0 Å². The summed E-state index contributed by atoms with van der Waals surface area (Å²) in [6, 6.07) is 12.0. The first kappa shape index (κ1) is 18.3. The van der Waals surface area contributed by atoms with Crippen molar-refractivity contribution in [3.63, 3.8) is 0 Å². The maximum Gasteiger partial charge on any atom is 0.416 e. The summed E-state index contributed by atoms with van der Waals surface area (Å²) < 4.78 is 38.5. The Bertz CT molecular complexity index is 790. The van der Waals surface area contributed by atoms with Crippen LogP contribution >= 0.6 is 0 Å². The highest BCUT2D eigenvalue weighted by Gasteiger charge is 2.31. The molecule has 0 aliphatic carbocycles. The van der Waals surface area contributed by atoms with Gasteiger partial charge in [-0.05, 0) is 29.3 Å². The van der Waals surface area contributed by atoms with Crippen molar-refractivity contribution in [2.24, 2.45) is 0 Å². The van der Waals surface area contributed by atoms with Crippen LogP contribution < -0.4 is 21.9 Å². The standard InChI is InChI=1S/C17H18F3N5O/c1-25(16(26)13-6-3-7-14(9-13)17(18,19)20)10-11-4-2-5-12(8-11)15-21-23-24-22-15/h2-9,15,21-24H,10H2,1H3. The molecule has 2 aromatic rings. The van der Waals surface area contributed by atoms with E-state index < -0.39 is 17.6 Å². The molecule has 0 unspecified atom stereocenters. The fraction of sp³-hybridized carbons (Fsp3) is 0.235. The van der Waals surface area contributed by atoms with Crippen LogP contribution in [0.15, 0.2) is 48.5 Å². The van der Waals surface area contributed by atoms with Crippen LogP contribution in [0.2, 0.25) is 0 Å². The Kier molecular flexibility index (Phi) is 5.23. The minimum Gasteiger partial charge on any atom is -0.337 e. The molecule has 0 radical (unpaired) electrons. The van der Waals surface area contributed by atoms with Gasteiger partial charge in [-0.15, -0.1) is 0 Å². The Morgan fingerprint density at radius 1 is 1.08 bits per heavy atom. The molecule has 1 amide bonds. The lowest BCUT2D eigenvalue weighted by Gasteiger charge is -2.19. The van der Waals surface area contributed by atoms with Gasteiger partial charge >= 0.3 is 6.18 Å². The van der Waals surface area contributed by atoms with E-state index in [1.807, 2.05) is 24.3 Å². The van der Waals surface area contributed by atoms with Gasteiger partial charge < -0.3 is 4.90 Å². The molecular weight excluding hydrogens is 347 g/mol. The van der Waals surface area contributed by atoms with E-state index in [0.29, 0.717) is 0 Å². The molecule has 1 aliphatic heterocycles. The molecule has 1 aliphatic rings. The second kappa shape index (κ2) is 7.42. The van der Waals surface area contributed by atoms with E-state index in [0.717, 1.165) is 23.3 Å². The summed E-state index contributed by atoms with van der Waals surface area (Å²) in [4.78, 5) is 13.9. The molecule has 4 N–H and O–H groups in total. The van der Waals surface area contributed by atoms with Crippen LogP contribution in [0.4, 0.5) is 13.2 Å². The normalized spacial score (nSPS) is 15.2. The van der Waals surface area contributed by atoms with Crippen LogP contribution in [-0.4, -0.2) is 17.9 Å². The van der Waals surface area contributed by atoms with Gasteiger partial charge in [0.2, 0.25) is 0 Å². The van der Waals surface area contributed by atoms with E-state index in [1.54, 1.807) is 7.05 Å². The fourth-order valence-corrected chi connectivity index (χ4v) is 2.68. The molecule has 9 heteroatoms. The summed E-state index contributed by atoms with van der Waals surface area (Å²) in [5, 5.41) is 0. The highest BCUT2D eigenvalue weighted by atomic mass is 19.4. The number of hydrazine groups is 3. The summed E-state index contributed by atoms with van der Waals surface area (Å²) in [6.07, 6.45) is -4.62. The summed E-state index contributed by atoms with van der Waals surface area (Å²) in [7, 11) is 1.56. The van der Waals surface area contributed by atoms with Crippen molar-refractivity contribution in [2.45, 2.75) is 18.9 Å². The first-order valence-electron chi connectivity index (χ1n) is 7.87. The predicted octanol–water partition coefficient (Wildman–Crippen LogP) is 2.09. The minimum atomic E-state index is -4.48. The third kappa shape index (κ3) is 4.20. The zero-order valence-electron chi connectivity index (χ0n) is 13.9. The fourth-order valence-electron chi connectivity index (χ4n) is 2.68. The SMILES string of the molecule is CN(Cc1cccc(C2NNNN2)c1)C(=O)c1cccc(C(F)(F)F)c1. The van der Waals surface area contributed by atoms with Crippen molar-refractivity contribution in [3.05, 3.63) is 70.8 Å². The van der Waals surface area contributed by atoms with Gasteiger partial charge in [0.15, 0.2) is 0 Å². The van der Waals surface area contributed by atoms with E-state index >= 15 is 0 Å². The van der Waals surface area contributed by atoms with E-state index in [4.69, 9.17) is 0 Å². The van der Waals surface area contributed by atoms with Crippen molar-refractivity contribution in [2.75, 3.05) is 7.05 Å². The molecule has 138 valence electrons. The summed E-state index contributed by atoms with van der Waals surface area (Å²) in [5.74, 6) is -0.470. The molecule has 3 rings (SSSR count). The molecule has 0 bridgehead atoms. The zero-order valence-corrected chi connectivity index (χ0v) is 13.9. The van der Waals surface area contributed by atoms with Gasteiger partial charge in [-0.2, -0.15) is 24.2 Å². The van der Waals surface area contributed by atoms with Gasteiger partial charge in [0, 0.05) is 19.2 Å². The maximum absolute atomic E-state index is 12.8. The van der Waals surface area contributed by atoms with Gasteiger partial charge in [0.25, 0.3) is 5.91 Å². The number of benzene rings is 2. The van der Waals surface area contributed by atoms with Crippen LogP contribution in [0.3, 0.4) is 0 Å². The van der Waals surface area contributed by atoms with Crippen LogP contribution in [0.1, 0.15) is 33.2 Å². The van der Waals surface area contributed by atoms with Gasteiger partial charge in [0.05, 0.1) is 5.56 Å². The van der Waals surface area contributed by atoms with Crippen LogP contribution in [0, 0.1) is 0 Å². The first-order chi connectivity index (χ1) is 12.3. The average Bonchev–Trinajstić information content (AvgIpc) is 3.15. The molecule has 0 saturated carbocycles. The Balaban J connectivity index is 1.72. The number of carbonyl (C=O) groups excluding carboxylic acids is 1. The first-order valence-corrected chi connectivity index (χ1v) is 7.87. The monoisotopic (exact) mass is 365 g/mol. The Morgan fingerprint density at radius 2 is 1.77 bits per heavy atom. The smallest absolute Gasteiger partial charge is 0.337 e. The summed E-state index contributed by atoms with van der Waals surface area (Å²) >= 11 is 0. The zero-order chi connectivity index (χ0) is 18.7. The van der Waals surface area contributed by atoms with Crippen molar-refractivity contribution in [3.8, 4) is 0 Å². The number of hydrogen-bond acceptors (Lipinski definition) is 5. The second-order valence-electron chi connectivity index (χ2n) is 5.96. The Hall–Kier alpha value is -2.46. The number of amides is 1. The lowest BCUT2D eigenvalue weighted by molar-refractivity contribution is -0.137. The highest BCUT2D eigenvalue weighted by Crippen LogP contribution is 2.29. The highest BCUT2D eigenvalue weighted by molar-refractivity contribution is 5.94. The van der Waals surface area contributed by atoms with Gasteiger partial charge in [-0.25, -0.2) is 10.9 Å². The van der Waals surface area contributed by atoms with E-state index in [9.17, 15) is 18.0 Å². The summed E-state index contributed by atoms with van der Waals surface area (Å²) in [6.45, 7) is 0.274. The minimum absolute atomic E-state index is 0.00556. The van der Waals surface area contributed by atoms with Crippen LogP contribution in [-0.2, 0) is 12.7 Å². The molecule has 0 aromatic heterocycles. The topological polar surface area (TPSA) is 68.4 Å². The van der Waals surface area contributed by atoms with Gasteiger partial charge in [-0.1, -0.05) is 30.3 Å². The van der Waals surface area contributed by atoms with Crippen molar-refractivity contribution in [1.82, 2.24) is 26.8 Å². The number of rotatable bonds is 4. The summed E-state index contributed by atoms with van der Waals surface area (Å²) in [5.41, 5.74) is 12.3. The molecule has 2 aromatic carbocycles. The van der Waals surface area contributed by atoms with Crippen LogP contribution in [0.25, 0.3) is 0 Å². The quantitative estimate of drug-likeness (QED) is 0.668. The molecular formula is C17H18F3N5O. The molecule has 1 fully saturated rings. The lowest BCUT2D eigenvalue weighted by Crippen LogP contribution is -2.33. The van der Waals surface area contributed by atoms with E-state index in [1.165, 1.54) is 17.0 Å². The largest absolute Gasteiger partial charge is 0.416 e. The number of hydrogen-bond donors (Lipinski definition) is 4. The molecule has 0 spiro atoms. The Morgan fingerprint density at radius 3 is 2.46 bits per heavy atom. The number of nitrogens with one attached hydrogen (secondary N) is 4. The van der Waals surface area contributed by atoms with Gasteiger partial charge in [-0.3, -0.25) is 4.79 Å². The second-order valence-corrected chi connectivity index (χ2v) is 5.96. The molecule has 1 heterocycles. The molecule has 6 nitrogen and oxygen atoms in total.